The molecule has 0 aliphatic heterocycles. The minimum absolute atomic E-state index is 0.0775. The van der Waals surface area contributed by atoms with Gasteiger partial charge < -0.3 is 9.40 Å². The van der Waals surface area contributed by atoms with Gasteiger partial charge in [0.25, 0.3) is 0 Å². The number of carbonyl (C=O) groups excluding carboxylic acids is 3. The van der Waals surface area contributed by atoms with Crippen molar-refractivity contribution in [2.75, 3.05) is 14.1 Å². The zero-order valence-electron chi connectivity index (χ0n) is 27.3. The highest BCUT2D eigenvalue weighted by molar-refractivity contribution is 6.46. The molecule has 0 amide bonds. The maximum Gasteiger partial charge on any atom is 0.331 e. The minimum atomic E-state index is -0.708. The van der Waals surface area contributed by atoms with E-state index in [2.05, 4.69) is 40.6 Å². The number of likely N-dealkylation sites (N-methyl/N-ethyl adjacent to an activating group) is 1. The number of nitrogens with zero attached hydrogens (tertiary/aromatic N) is 3. The van der Waals surface area contributed by atoms with Gasteiger partial charge in [-0.25, -0.2) is 4.79 Å². The monoisotopic (exact) mass is 607 g/mol. The van der Waals surface area contributed by atoms with E-state index >= 15 is 0 Å². The number of hydrogen-bond acceptors (Lipinski definition) is 6. The van der Waals surface area contributed by atoms with Gasteiger partial charge in [-0.1, -0.05) is 74.5 Å². The molecule has 0 spiro atoms. The Labute approximate surface area is 266 Å². The number of Topliss-reactive ketones (excluding diaryl/α,β-unsaturated/α-hetero) is 2. The molecular weight excluding hydrogens is 562 g/mol. The SMILES string of the molecule is CCn1c2ccc(C(=O)/C(CC3CCCCC3)=N/OC(C)=O)cc2c2cc(C(=O)C(CC)(Cc3ccccc3)N(C)C)ccc21. The lowest BCUT2D eigenvalue weighted by molar-refractivity contribution is -0.140. The first-order valence-electron chi connectivity index (χ1n) is 16.3. The average Bonchev–Trinajstić information content (AvgIpc) is 3.37. The van der Waals surface area contributed by atoms with Crippen LogP contribution in [-0.4, -0.2) is 52.3 Å². The smallest absolute Gasteiger partial charge is 0.331 e. The van der Waals surface area contributed by atoms with Gasteiger partial charge in [-0.2, -0.15) is 0 Å². The van der Waals surface area contributed by atoms with Crippen molar-refractivity contribution in [1.29, 1.82) is 0 Å². The summed E-state index contributed by atoms with van der Waals surface area (Å²) < 4.78 is 2.21. The third-order valence-electron chi connectivity index (χ3n) is 9.66. The van der Waals surface area contributed by atoms with Crippen molar-refractivity contribution >= 4 is 45.1 Å². The van der Waals surface area contributed by atoms with Crippen LogP contribution >= 0.6 is 0 Å². The maximum absolute atomic E-state index is 14.4. The molecule has 1 aromatic heterocycles. The average molecular weight is 608 g/mol. The van der Waals surface area contributed by atoms with Gasteiger partial charge in [0.05, 0.1) is 5.54 Å². The maximum atomic E-state index is 14.4. The predicted octanol–water partition coefficient (Wildman–Crippen LogP) is 8.02. The van der Waals surface area contributed by atoms with Gasteiger partial charge in [0, 0.05) is 46.4 Å². The Morgan fingerprint density at radius 2 is 1.51 bits per heavy atom. The molecule has 1 heterocycles. The summed E-state index contributed by atoms with van der Waals surface area (Å²) in [6.07, 6.45) is 7.34. The zero-order valence-corrected chi connectivity index (χ0v) is 27.3. The Balaban J connectivity index is 1.57. The van der Waals surface area contributed by atoms with Gasteiger partial charge in [-0.05, 0) is 88.2 Å². The second-order valence-corrected chi connectivity index (χ2v) is 12.6. The summed E-state index contributed by atoms with van der Waals surface area (Å²) in [7, 11) is 3.96. The third-order valence-corrected chi connectivity index (χ3v) is 9.66. The van der Waals surface area contributed by atoms with Crippen LogP contribution in [0, 0.1) is 5.92 Å². The van der Waals surface area contributed by atoms with Gasteiger partial charge in [-0.3, -0.25) is 14.5 Å². The van der Waals surface area contributed by atoms with E-state index in [0.717, 1.165) is 59.6 Å². The molecule has 1 saturated carbocycles. The molecule has 1 atom stereocenters. The summed E-state index contributed by atoms with van der Waals surface area (Å²) in [5, 5.41) is 5.89. The fourth-order valence-electron chi connectivity index (χ4n) is 7.09. The molecule has 7 heteroatoms. The number of aromatic nitrogens is 1. The highest BCUT2D eigenvalue weighted by atomic mass is 16.7. The first-order chi connectivity index (χ1) is 21.7. The van der Waals surface area contributed by atoms with E-state index in [1.807, 2.05) is 68.7 Å². The fraction of sp³-hybridized carbons (Fsp3) is 0.421. The van der Waals surface area contributed by atoms with E-state index < -0.39 is 11.5 Å². The van der Waals surface area contributed by atoms with Crippen LogP contribution in [-0.2, 0) is 22.6 Å². The van der Waals surface area contributed by atoms with Crippen LogP contribution in [0.15, 0.2) is 71.9 Å². The Hall–Kier alpha value is -4.10. The van der Waals surface area contributed by atoms with Crippen LogP contribution in [0.25, 0.3) is 21.8 Å². The lowest BCUT2D eigenvalue weighted by Gasteiger charge is -2.38. The highest BCUT2D eigenvalue weighted by Gasteiger charge is 2.39. The second kappa shape index (κ2) is 13.9. The molecule has 3 aromatic carbocycles. The first kappa shape index (κ1) is 32.3. The van der Waals surface area contributed by atoms with E-state index in [1.165, 1.54) is 13.3 Å². The van der Waals surface area contributed by atoms with Gasteiger partial charge in [0.1, 0.15) is 5.71 Å². The van der Waals surface area contributed by atoms with Crippen molar-refractivity contribution in [3.05, 3.63) is 83.4 Å². The summed E-state index contributed by atoms with van der Waals surface area (Å²) >= 11 is 0. The molecule has 0 N–H and O–H groups in total. The number of hydrogen-bond donors (Lipinski definition) is 0. The van der Waals surface area contributed by atoms with Gasteiger partial charge in [-0.15, -0.1) is 0 Å². The van der Waals surface area contributed by atoms with Gasteiger partial charge in [0.2, 0.25) is 5.78 Å². The summed E-state index contributed by atoms with van der Waals surface area (Å²) in [4.78, 5) is 47.0. The number of aryl methyl sites for hydroxylation is 1. The van der Waals surface area contributed by atoms with Crippen molar-refractivity contribution in [3.63, 3.8) is 0 Å². The number of carbonyl (C=O) groups is 3. The molecule has 1 fully saturated rings. The standard InChI is InChI=1S/C38H45N3O4/c1-6-38(40(4)5,25-28-16-12-9-13-17-28)37(44)30-19-21-35-32(24-30)31-23-29(18-20-34(31)41(35)7-2)36(43)33(39-45-26(3)42)22-27-14-10-8-11-15-27/h9,12-13,16-21,23-24,27H,6-8,10-11,14-15,22,25H2,1-5H3/b39-33+. The lowest BCUT2D eigenvalue weighted by atomic mass is 9.80. The minimum Gasteiger partial charge on any atom is -0.341 e. The molecule has 4 aromatic rings. The second-order valence-electron chi connectivity index (χ2n) is 12.6. The lowest BCUT2D eigenvalue weighted by Crippen LogP contribution is -2.52. The number of oxime groups is 1. The first-order valence-corrected chi connectivity index (χ1v) is 16.3. The van der Waals surface area contributed by atoms with Crippen LogP contribution in [0.3, 0.4) is 0 Å². The van der Waals surface area contributed by atoms with Crippen molar-refractivity contribution in [1.82, 2.24) is 9.47 Å². The van der Waals surface area contributed by atoms with Crippen molar-refractivity contribution in [2.24, 2.45) is 11.1 Å². The van der Waals surface area contributed by atoms with Crippen LogP contribution in [0.4, 0.5) is 0 Å². The van der Waals surface area contributed by atoms with Crippen LogP contribution in [0.5, 0.6) is 0 Å². The highest BCUT2D eigenvalue weighted by Crippen LogP contribution is 2.34. The molecule has 1 aliphatic rings. The largest absolute Gasteiger partial charge is 0.341 e. The van der Waals surface area contributed by atoms with E-state index in [1.54, 1.807) is 0 Å². The number of ketones is 2. The quantitative estimate of drug-likeness (QED) is 0.0705. The van der Waals surface area contributed by atoms with Gasteiger partial charge in [0.15, 0.2) is 5.78 Å². The van der Waals surface area contributed by atoms with E-state index in [4.69, 9.17) is 4.84 Å². The van der Waals surface area contributed by atoms with Crippen molar-refractivity contribution in [2.45, 2.75) is 84.2 Å². The summed E-state index contributed by atoms with van der Waals surface area (Å²) in [6.45, 7) is 6.20. The normalized spacial score (nSPS) is 15.8. The molecular formula is C38H45N3O4. The Morgan fingerprint density at radius 1 is 0.889 bits per heavy atom. The third kappa shape index (κ3) is 6.64. The van der Waals surface area contributed by atoms with E-state index in [-0.39, 0.29) is 17.3 Å². The molecule has 5 rings (SSSR count). The van der Waals surface area contributed by atoms with Crippen molar-refractivity contribution in [3.8, 4) is 0 Å². The molecule has 45 heavy (non-hydrogen) atoms. The number of benzene rings is 3. The van der Waals surface area contributed by atoms with E-state index in [0.29, 0.717) is 36.3 Å². The summed E-state index contributed by atoms with van der Waals surface area (Å²) in [6, 6.07) is 21.8. The van der Waals surface area contributed by atoms with Gasteiger partial charge >= 0.3 is 5.97 Å². The molecule has 7 nitrogen and oxygen atoms in total. The molecule has 0 bridgehead atoms. The molecule has 1 unspecified atom stereocenters. The molecule has 236 valence electrons. The molecule has 1 aliphatic carbocycles. The van der Waals surface area contributed by atoms with E-state index in [9.17, 15) is 14.4 Å². The van der Waals surface area contributed by atoms with Crippen LogP contribution < -0.4 is 0 Å². The van der Waals surface area contributed by atoms with Crippen molar-refractivity contribution < 1.29 is 19.2 Å². The van der Waals surface area contributed by atoms with Crippen LogP contribution in [0.2, 0.25) is 0 Å². The molecule has 0 radical (unpaired) electrons. The summed E-state index contributed by atoms with van der Waals surface area (Å²) in [5.41, 5.74) is 3.85. The Morgan fingerprint density at radius 3 is 2.09 bits per heavy atom. The number of fused-ring (bicyclic) bond motifs is 3. The van der Waals surface area contributed by atoms with Crippen LogP contribution in [0.1, 0.15) is 92.0 Å². The Kier molecular flexibility index (Phi) is 9.98. The number of rotatable bonds is 12. The Bertz CT molecular complexity index is 1730. The zero-order chi connectivity index (χ0) is 32.1. The summed E-state index contributed by atoms with van der Waals surface area (Å²) in [5.74, 6) is -0.346. The fourth-order valence-corrected chi connectivity index (χ4v) is 7.09. The predicted molar refractivity (Wildman–Crippen MR) is 181 cm³/mol. The molecule has 0 saturated heterocycles. The topological polar surface area (TPSA) is 81.0 Å².